The van der Waals surface area contributed by atoms with Crippen molar-refractivity contribution in [2.45, 2.75) is 12.5 Å². The van der Waals surface area contributed by atoms with Gasteiger partial charge in [0, 0.05) is 30.4 Å². The van der Waals surface area contributed by atoms with Crippen molar-refractivity contribution in [2.75, 3.05) is 31.0 Å². The molecule has 26 heavy (non-hydrogen) atoms. The summed E-state index contributed by atoms with van der Waals surface area (Å²) in [6.45, 7) is 0.399. The van der Waals surface area contributed by atoms with Crippen molar-refractivity contribution in [2.24, 2.45) is 0 Å². The molecule has 7 heteroatoms. The van der Waals surface area contributed by atoms with Crippen molar-refractivity contribution < 1.29 is 19.1 Å². The molecule has 2 aromatic carbocycles. The lowest BCUT2D eigenvalue weighted by molar-refractivity contribution is -0.117. The van der Waals surface area contributed by atoms with Gasteiger partial charge in [-0.15, -0.1) is 0 Å². The van der Waals surface area contributed by atoms with E-state index in [1.807, 2.05) is 18.2 Å². The number of amides is 3. The van der Waals surface area contributed by atoms with Crippen molar-refractivity contribution in [3.8, 4) is 11.5 Å². The molecule has 136 valence electrons. The molecule has 1 heterocycles. The Hall–Kier alpha value is -3.22. The van der Waals surface area contributed by atoms with Crippen LogP contribution in [-0.4, -0.2) is 38.7 Å². The van der Waals surface area contributed by atoms with Crippen molar-refractivity contribution in [1.82, 2.24) is 5.32 Å². The summed E-state index contributed by atoms with van der Waals surface area (Å²) in [6, 6.07) is 13.9. The second-order valence-electron chi connectivity index (χ2n) is 5.91. The molecule has 1 saturated heterocycles. The zero-order valence-electron chi connectivity index (χ0n) is 14.7. The SMILES string of the molecule is COc1ccc(N2C[C@@H](NC(=O)Nc3ccccc3)CC2=O)cc1OC. The molecule has 2 N–H and O–H groups in total. The normalized spacial score (nSPS) is 16.3. The first kappa shape index (κ1) is 17.6. The van der Waals surface area contributed by atoms with Crippen LogP contribution in [0.25, 0.3) is 0 Å². The van der Waals surface area contributed by atoms with Crippen LogP contribution < -0.4 is 25.0 Å². The van der Waals surface area contributed by atoms with Gasteiger partial charge in [0.15, 0.2) is 11.5 Å². The van der Waals surface area contributed by atoms with Crippen LogP contribution in [0.5, 0.6) is 11.5 Å². The third-order valence-corrected chi connectivity index (χ3v) is 4.17. The van der Waals surface area contributed by atoms with E-state index < -0.39 is 0 Å². The Morgan fingerprint density at radius 1 is 1.08 bits per heavy atom. The molecule has 0 unspecified atom stereocenters. The first-order valence-electron chi connectivity index (χ1n) is 8.25. The fourth-order valence-electron chi connectivity index (χ4n) is 2.92. The fourth-order valence-corrected chi connectivity index (χ4v) is 2.92. The highest BCUT2D eigenvalue weighted by Crippen LogP contribution is 2.33. The number of methoxy groups -OCH3 is 2. The number of benzene rings is 2. The summed E-state index contributed by atoms with van der Waals surface area (Å²) in [5.41, 5.74) is 1.41. The number of ether oxygens (including phenoxy) is 2. The Labute approximate surface area is 151 Å². The lowest BCUT2D eigenvalue weighted by atomic mass is 10.2. The summed E-state index contributed by atoms with van der Waals surface area (Å²) in [5.74, 6) is 1.10. The molecule has 0 bridgehead atoms. The second kappa shape index (κ2) is 7.77. The van der Waals surface area contributed by atoms with Crippen molar-refractivity contribution in [1.29, 1.82) is 0 Å². The molecule has 0 aliphatic carbocycles. The number of rotatable bonds is 5. The van der Waals surface area contributed by atoms with Gasteiger partial charge in [0.2, 0.25) is 5.91 Å². The average molecular weight is 355 g/mol. The lowest BCUT2D eigenvalue weighted by Crippen LogP contribution is -2.39. The van der Waals surface area contributed by atoms with Gasteiger partial charge in [-0.3, -0.25) is 4.79 Å². The number of carbonyl (C=O) groups is 2. The van der Waals surface area contributed by atoms with Gasteiger partial charge in [0.25, 0.3) is 0 Å². The van der Waals surface area contributed by atoms with Crippen LogP contribution in [0.3, 0.4) is 0 Å². The molecule has 1 fully saturated rings. The third-order valence-electron chi connectivity index (χ3n) is 4.17. The van der Waals surface area contributed by atoms with Gasteiger partial charge in [-0.25, -0.2) is 4.79 Å². The Bertz CT molecular complexity index is 795. The van der Waals surface area contributed by atoms with E-state index in [2.05, 4.69) is 10.6 Å². The predicted molar refractivity (Wildman–Crippen MR) is 98.9 cm³/mol. The molecular weight excluding hydrogens is 334 g/mol. The Morgan fingerprint density at radius 2 is 1.81 bits per heavy atom. The van der Waals surface area contributed by atoms with Crippen molar-refractivity contribution in [3.63, 3.8) is 0 Å². The van der Waals surface area contributed by atoms with E-state index in [4.69, 9.17) is 9.47 Å². The summed E-state index contributed by atoms with van der Waals surface area (Å²) in [6.07, 6.45) is 0.247. The zero-order chi connectivity index (χ0) is 18.5. The highest BCUT2D eigenvalue weighted by atomic mass is 16.5. The molecular formula is C19H21N3O4. The number of hydrogen-bond donors (Lipinski definition) is 2. The molecule has 0 radical (unpaired) electrons. The predicted octanol–water partition coefficient (Wildman–Crippen LogP) is 2.63. The van der Waals surface area contributed by atoms with Gasteiger partial charge in [0.05, 0.1) is 20.3 Å². The van der Waals surface area contributed by atoms with Crippen LogP contribution in [0.4, 0.5) is 16.2 Å². The maximum Gasteiger partial charge on any atom is 0.319 e. The smallest absolute Gasteiger partial charge is 0.319 e. The first-order valence-corrected chi connectivity index (χ1v) is 8.25. The largest absolute Gasteiger partial charge is 0.493 e. The number of urea groups is 1. The minimum absolute atomic E-state index is 0.0535. The van der Waals surface area contributed by atoms with Gasteiger partial charge in [0.1, 0.15) is 0 Å². The van der Waals surface area contributed by atoms with Crippen LogP contribution in [0.15, 0.2) is 48.5 Å². The van der Waals surface area contributed by atoms with Gasteiger partial charge < -0.3 is 25.0 Å². The van der Waals surface area contributed by atoms with E-state index in [-0.39, 0.29) is 24.4 Å². The van der Waals surface area contributed by atoms with E-state index in [0.717, 1.165) is 0 Å². The molecule has 1 aliphatic heterocycles. The van der Waals surface area contributed by atoms with Crippen molar-refractivity contribution in [3.05, 3.63) is 48.5 Å². The summed E-state index contributed by atoms with van der Waals surface area (Å²) < 4.78 is 10.5. The van der Waals surface area contributed by atoms with E-state index >= 15 is 0 Å². The zero-order valence-corrected chi connectivity index (χ0v) is 14.7. The molecule has 1 atom stereocenters. The number of para-hydroxylation sites is 1. The van der Waals surface area contributed by atoms with E-state index in [0.29, 0.717) is 29.4 Å². The molecule has 7 nitrogen and oxygen atoms in total. The molecule has 0 aromatic heterocycles. The fraction of sp³-hybridized carbons (Fsp3) is 0.263. The van der Waals surface area contributed by atoms with Crippen molar-refractivity contribution >= 4 is 23.3 Å². The summed E-state index contributed by atoms with van der Waals surface area (Å²) in [5, 5.41) is 5.60. The number of carbonyl (C=O) groups excluding carboxylic acids is 2. The molecule has 2 aromatic rings. The standard InChI is InChI=1S/C19H21N3O4/c1-25-16-9-8-15(11-17(16)26-2)22-12-14(10-18(22)23)21-19(24)20-13-6-4-3-5-7-13/h3-9,11,14H,10,12H2,1-2H3,(H2,20,21,24)/t14-/m0/s1. The van der Waals surface area contributed by atoms with Crippen LogP contribution in [0.2, 0.25) is 0 Å². The van der Waals surface area contributed by atoms with Gasteiger partial charge in [-0.1, -0.05) is 18.2 Å². The molecule has 0 spiro atoms. The summed E-state index contributed by atoms with van der Waals surface area (Å²) >= 11 is 0. The molecule has 1 aliphatic rings. The van der Waals surface area contributed by atoms with Crippen LogP contribution in [-0.2, 0) is 4.79 Å². The highest BCUT2D eigenvalue weighted by Gasteiger charge is 2.32. The van der Waals surface area contributed by atoms with E-state index in [1.54, 1.807) is 49.5 Å². The Kier molecular flexibility index (Phi) is 5.26. The minimum atomic E-state index is -0.330. The first-order chi connectivity index (χ1) is 12.6. The second-order valence-corrected chi connectivity index (χ2v) is 5.91. The number of anilines is 2. The quantitative estimate of drug-likeness (QED) is 0.864. The Morgan fingerprint density at radius 3 is 2.50 bits per heavy atom. The van der Waals surface area contributed by atoms with Crippen LogP contribution in [0.1, 0.15) is 6.42 Å². The molecule has 0 saturated carbocycles. The van der Waals surface area contributed by atoms with Gasteiger partial charge in [-0.05, 0) is 24.3 Å². The van der Waals surface area contributed by atoms with E-state index in [1.165, 1.54) is 0 Å². The topological polar surface area (TPSA) is 79.9 Å². The summed E-state index contributed by atoms with van der Waals surface area (Å²) in [7, 11) is 3.11. The van der Waals surface area contributed by atoms with E-state index in [9.17, 15) is 9.59 Å². The third kappa shape index (κ3) is 3.88. The Balaban J connectivity index is 1.64. The lowest BCUT2D eigenvalue weighted by Gasteiger charge is -2.19. The molecule has 3 rings (SSSR count). The number of nitrogens with one attached hydrogen (secondary N) is 2. The summed E-state index contributed by atoms with van der Waals surface area (Å²) in [4.78, 5) is 26.1. The average Bonchev–Trinajstić information content (AvgIpc) is 3.01. The molecule has 3 amide bonds. The van der Waals surface area contributed by atoms with Crippen LogP contribution >= 0.6 is 0 Å². The van der Waals surface area contributed by atoms with Gasteiger partial charge >= 0.3 is 6.03 Å². The highest BCUT2D eigenvalue weighted by molar-refractivity contribution is 5.98. The van der Waals surface area contributed by atoms with Gasteiger partial charge in [-0.2, -0.15) is 0 Å². The monoisotopic (exact) mass is 355 g/mol. The maximum atomic E-state index is 12.4. The van der Waals surface area contributed by atoms with Crippen LogP contribution in [0, 0.1) is 0 Å². The number of hydrogen-bond acceptors (Lipinski definition) is 4. The number of nitrogens with zero attached hydrogens (tertiary/aromatic N) is 1. The maximum absolute atomic E-state index is 12.4. The minimum Gasteiger partial charge on any atom is -0.493 e.